The van der Waals surface area contributed by atoms with Crippen LogP contribution in [0.1, 0.15) is 0 Å². The summed E-state index contributed by atoms with van der Waals surface area (Å²) in [6, 6.07) is 0. The third-order valence-electron chi connectivity index (χ3n) is 1.66. The highest BCUT2D eigenvalue weighted by molar-refractivity contribution is 9.12. The largest absolute Gasteiger partial charge is 0.448 e. The molecule has 0 saturated carbocycles. The summed E-state index contributed by atoms with van der Waals surface area (Å²) in [6.45, 7) is 1.49. The van der Waals surface area contributed by atoms with E-state index in [4.69, 9.17) is 4.74 Å². The van der Waals surface area contributed by atoms with Crippen molar-refractivity contribution in [3.8, 4) is 0 Å². The summed E-state index contributed by atoms with van der Waals surface area (Å²) in [5.41, 5.74) is 0. The summed E-state index contributed by atoms with van der Waals surface area (Å²) in [5.74, 6) is 0. The monoisotopic (exact) mass is 326 g/mol. The van der Waals surface area contributed by atoms with Gasteiger partial charge in [-0.3, -0.25) is 4.90 Å². The predicted molar refractivity (Wildman–Crippen MR) is 61.7 cm³/mol. The lowest BCUT2D eigenvalue weighted by Crippen LogP contribution is -2.41. The van der Waals surface area contributed by atoms with E-state index in [1.807, 2.05) is 12.3 Å². The van der Waals surface area contributed by atoms with Gasteiger partial charge in [0.15, 0.2) is 0 Å². The minimum atomic E-state index is -0.285. The molecular formula is C8H12Br2N2O2. The van der Waals surface area contributed by atoms with Crippen molar-refractivity contribution in [2.45, 2.75) is 4.83 Å². The predicted octanol–water partition coefficient (Wildman–Crippen LogP) is 1.66. The summed E-state index contributed by atoms with van der Waals surface area (Å²) in [7, 11) is 0. The van der Waals surface area contributed by atoms with Gasteiger partial charge in [0.05, 0.1) is 11.5 Å². The first kappa shape index (κ1) is 11.8. The van der Waals surface area contributed by atoms with Gasteiger partial charge in [0.25, 0.3) is 0 Å². The second kappa shape index (κ2) is 6.29. The van der Waals surface area contributed by atoms with Crippen molar-refractivity contribution in [3.05, 3.63) is 12.3 Å². The van der Waals surface area contributed by atoms with Gasteiger partial charge in [0, 0.05) is 11.9 Å². The third kappa shape index (κ3) is 3.88. The Morgan fingerprint density at radius 3 is 3.07 bits per heavy atom. The number of ether oxygens (including phenoxy) is 1. The van der Waals surface area contributed by atoms with E-state index >= 15 is 0 Å². The van der Waals surface area contributed by atoms with Crippen molar-refractivity contribution < 1.29 is 9.53 Å². The van der Waals surface area contributed by atoms with Crippen LogP contribution < -0.4 is 5.32 Å². The molecule has 4 nitrogen and oxygen atoms in total. The molecule has 14 heavy (non-hydrogen) atoms. The topological polar surface area (TPSA) is 41.6 Å². The second-order valence-electron chi connectivity index (χ2n) is 2.82. The van der Waals surface area contributed by atoms with Gasteiger partial charge in [-0.25, -0.2) is 4.79 Å². The molecule has 0 radical (unpaired) electrons. The van der Waals surface area contributed by atoms with Crippen molar-refractivity contribution in [2.75, 3.05) is 25.2 Å². The molecule has 1 aliphatic heterocycles. The van der Waals surface area contributed by atoms with Gasteiger partial charge in [-0.1, -0.05) is 31.9 Å². The highest BCUT2D eigenvalue weighted by atomic mass is 79.9. The van der Waals surface area contributed by atoms with Crippen molar-refractivity contribution >= 4 is 38.0 Å². The normalized spacial score (nSPS) is 17.4. The van der Waals surface area contributed by atoms with E-state index in [1.54, 1.807) is 4.90 Å². The zero-order valence-corrected chi connectivity index (χ0v) is 10.8. The molecule has 0 saturated heterocycles. The summed E-state index contributed by atoms with van der Waals surface area (Å²) < 4.78 is 5.07. The smallest absolute Gasteiger partial charge is 0.411 e. The van der Waals surface area contributed by atoms with Crippen LogP contribution in [-0.4, -0.2) is 41.0 Å². The molecule has 0 aromatic rings. The molecule has 1 aliphatic rings. The molecule has 0 bridgehead atoms. The van der Waals surface area contributed by atoms with Gasteiger partial charge in [-0.05, 0) is 12.3 Å². The molecule has 1 amide bonds. The number of carbonyl (C=O) groups is 1. The van der Waals surface area contributed by atoms with E-state index in [-0.39, 0.29) is 10.9 Å². The molecule has 1 atom stereocenters. The maximum absolute atomic E-state index is 11.4. The van der Waals surface area contributed by atoms with Crippen LogP contribution in [0.15, 0.2) is 12.3 Å². The minimum Gasteiger partial charge on any atom is -0.448 e. The summed E-state index contributed by atoms with van der Waals surface area (Å²) >= 11 is 6.64. The first-order valence-electron chi connectivity index (χ1n) is 4.24. The van der Waals surface area contributed by atoms with Gasteiger partial charge in [-0.2, -0.15) is 0 Å². The zero-order chi connectivity index (χ0) is 10.4. The van der Waals surface area contributed by atoms with Crippen LogP contribution >= 0.6 is 31.9 Å². The Labute approximate surface area is 99.9 Å². The molecule has 6 heteroatoms. The number of amides is 1. The molecule has 1 rings (SSSR count). The molecular weight excluding hydrogens is 316 g/mol. The Bertz CT molecular complexity index is 223. The van der Waals surface area contributed by atoms with Crippen LogP contribution in [0.4, 0.5) is 4.79 Å². The number of hydrogen-bond donors (Lipinski definition) is 1. The molecule has 80 valence electrons. The fraction of sp³-hybridized carbons (Fsp3) is 0.625. The zero-order valence-electron chi connectivity index (χ0n) is 7.58. The first-order valence-corrected chi connectivity index (χ1v) is 6.28. The van der Waals surface area contributed by atoms with E-state index in [0.717, 1.165) is 5.33 Å². The SMILES string of the molecule is O=C(OCC(Br)CBr)N1CC=CNC1. The van der Waals surface area contributed by atoms with Gasteiger partial charge < -0.3 is 10.1 Å². The molecule has 1 unspecified atom stereocenters. The van der Waals surface area contributed by atoms with Crippen molar-refractivity contribution in [1.82, 2.24) is 10.2 Å². The van der Waals surface area contributed by atoms with Crippen molar-refractivity contribution in [3.63, 3.8) is 0 Å². The van der Waals surface area contributed by atoms with Gasteiger partial charge in [0.1, 0.15) is 6.61 Å². The fourth-order valence-corrected chi connectivity index (χ4v) is 1.25. The second-order valence-corrected chi connectivity index (χ2v) is 4.76. The molecule has 0 aromatic carbocycles. The Balaban J connectivity index is 2.24. The van der Waals surface area contributed by atoms with E-state index in [1.165, 1.54) is 0 Å². The van der Waals surface area contributed by atoms with Crippen LogP contribution in [-0.2, 0) is 4.74 Å². The lowest BCUT2D eigenvalue weighted by atomic mass is 10.5. The lowest BCUT2D eigenvalue weighted by molar-refractivity contribution is 0.105. The first-order chi connectivity index (χ1) is 6.74. The maximum atomic E-state index is 11.4. The number of carbonyl (C=O) groups excluding carboxylic acids is 1. The van der Waals surface area contributed by atoms with Crippen LogP contribution in [0.5, 0.6) is 0 Å². The van der Waals surface area contributed by atoms with Crippen LogP contribution in [0.3, 0.4) is 0 Å². The highest BCUT2D eigenvalue weighted by Gasteiger charge is 2.15. The van der Waals surface area contributed by atoms with Crippen LogP contribution in [0, 0.1) is 0 Å². The summed E-state index contributed by atoms with van der Waals surface area (Å²) in [5, 5.41) is 3.70. The maximum Gasteiger partial charge on any atom is 0.411 e. The Morgan fingerprint density at radius 2 is 2.50 bits per heavy atom. The van der Waals surface area contributed by atoms with E-state index in [2.05, 4.69) is 37.2 Å². The van der Waals surface area contributed by atoms with Crippen LogP contribution in [0.25, 0.3) is 0 Å². The molecule has 0 aliphatic carbocycles. The lowest BCUT2D eigenvalue weighted by Gasteiger charge is -2.23. The van der Waals surface area contributed by atoms with E-state index in [0.29, 0.717) is 19.8 Å². The number of hydrogen-bond acceptors (Lipinski definition) is 3. The third-order valence-corrected chi connectivity index (χ3v) is 3.90. The number of alkyl halides is 2. The van der Waals surface area contributed by atoms with E-state index < -0.39 is 0 Å². The Hall–Kier alpha value is -0.230. The van der Waals surface area contributed by atoms with Gasteiger partial charge >= 0.3 is 6.09 Å². The van der Waals surface area contributed by atoms with Gasteiger partial charge in [0.2, 0.25) is 0 Å². The fourth-order valence-electron chi connectivity index (χ4n) is 0.927. The van der Waals surface area contributed by atoms with Crippen molar-refractivity contribution in [2.24, 2.45) is 0 Å². The minimum absolute atomic E-state index is 0.166. The number of nitrogens with one attached hydrogen (secondary N) is 1. The number of rotatable bonds is 3. The molecule has 1 N–H and O–H groups in total. The van der Waals surface area contributed by atoms with Crippen LogP contribution in [0.2, 0.25) is 0 Å². The highest BCUT2D eigenvalue weighted by Crippen LogP contribution is 2.05. The Morgan fingerprint density at radius 1 is 1.71 bits per heavy atom. The molecule has 0 aromatic heterocycles. The van der Waals surface area contributed by atoms with E-state index in [9.17, 15) is 4.79 Å². The molecule has 1 heterocycles. The van der Waals surface area contributed by atoms with Crippen molar-refractivity contribution in [1.29, 1.82) is 0 Å². The molecule has 0 spiro atoms. The standard InChI is InChI=1S/C8H12Br2N2O2/c9-4-7(10)5-14-8(13)12-3-1-2-11-6-12/h1-2,7,11H,3-6H2. The quantitative estimate of drug-likeness (QED) is 0.802. The Kier molecular flexibility index (Phi) is 5.32. The average molecular weight is 328 g/mol. The average Bonchev–Trinajstić information content (AvgIpc) is 2.26. The summed E-state index contributed by atoms with van der Waals surface area (Å²) in [4.78, 5) is 13.2. The molecule has 0 fully saturated rings. The number of nitrogens with zero attached hydrogens (tertiary/aromatic N) is 1. The summed E-state index contributed by atoms with van der Waals surface area (Å²) in [6.07, 6.45) is 3.42. The van der Waals surface area contributed by atoms with Gasteiger partial charge in [-0.15, -0.1) is 0 Å². The number of halogens is 2.